The van der Waals surface area contributed by atoms with Crippen LogP contribution in [0, 0.1) is 5.82 Å². The Morgan fingerprint density at radius 1 is 1.57 bits per heavy atom. The topological polar surface area (TPSA) is 24.1 Å². The predicted molar refractivity (Wildman–Crippen MR) is 55.9 cm³/mol. The van der Waals surface area contributed by atoms with Crippen LogP contribution in [0.5, 0.6) is 0 Å². The van der Waals surface area contributed by atoms with Crippen LogP contribution < -0.4 is 10.6 Å². The van der Waals surface area contributed by atoms with Gasteiger partial charge >= 0.3 is 0 Å². The van der Waals surface area contributed by atoms with E-state index in [0.717, 1.165) is 30.8 Å². The Morgan fingerprint density at radius 2 is 2.43 bits per heavy atom. The van der Waals surface area contributed by atoms with Crippen molar-refractivity contribution in [3.8, 4) is 0 Å². The standard InChI is InChI=1S/C11H15FN2/c1-2-13-11-5-6-14-10-4-3-8(12)7-9(10)11/h3-4,7,11,13-14H,2,5-6H2,1H3. The van der Waals surface area contributed by atoms with Crippen LogP contribution in [0.2, 0.25) is 0 Å². The van der Waals surface area contributed by atoms with E-state index >= 15 is 0 Å². The van der Waals surface area contributed by atoms with Crippen LogP contribution in [0.4, 0.5) is 10.1 Å². The van der Waals surface area contributed by atoms with Gasteiger partial charge in [-0.2, -0.15) is 0 Å². The van der Waals surface area contributed by atoms with E-state index in [9.17, 15) is 4.39 Å². The van der Waals surface area contributed by atoms with Gasteiger partial charge in [0.2, 0.25) is 0 Å². The van der Waals surface area contributed by atoms with Gasteiger partial charge in [0.25, 0.3) is 0 Å². The molecule has 0 radical (unpaired) electrons. The van der Waals surface area contributed by atoms with E-state index in [1.807, 2.05) is 6.07 Å². The summed E-state index contributed by atoms with van der Waals surface area (Å²) in [5.41, 5.74) is 2.11. The lowest BCUT2D eigenvalue weighted by molar-refractivity contribution is 0.512. The third kappa shape index (κ3) is 1.73. The van der Waals surface area contributed by atoms with Crippen LogP contribution >= 0.6 is 0 Å². The fraction of sp³-hybridized carbons (Fsp3) is 0.455. The maximum atomic E-state index is 13.1. The van der Waals surface area contributed by atoms with Crippen LogP contribution in [0.15, 0.2) is 18.2 Å². The van der Waals surface area contributed by atoms with E-state index in [1.54, 1.807) is 6.07 Å². The highest BCUT2D eigenvalue weighted by atomic mass is 19.1. The quantitative estimate of drug-likeness (QED) is 0.754. The second-order valence-electron chi connectivity index (χ2n) is 3.56. The largest absolute Gasteiger partial charge is 0.385 e. The molecule has 0 aliphatic carbocycles. The van der Waals surface area contributed by atoms with Gasteiger partial charge in [0, 0.05) is 18.3 Å². The van der Waals surface area contributed by atoms with Crippen molar-refractivity contribution in [1.82, 2.24) is 5.32 Å². The second kappa shape index (κ2) is 3.96. The van der Waals surface area contributed by atoms with E-state index in [4.69, 9.17) is 0 Å². The molecule has 0 spiro atoms. The molecule has 2 rings (SSSR count). The highest BCUT2D eigenvalue weighted by molar-refractivity contribution is 5.54. The molecular weight excluding hydrogens is 179 g/mol. The van der Waals surface area contributed by atoms with Crippen molar-refractivity contribution >= 4 is 5.69 Å². The Kier molecular flexibility index (Phi) is 2.68. The molecule has 2 nitrogen and oxygen atoms in total. The fourth-order valence-corrected chi connectivity index (χ4v) is 1.95. The number of rotatable bonds is 2. The van der Waals surface area contributed by atoms with Crippen molar-refractivity contribution in [3.63, 3.8) is 0 Å². The summed E-state index contributed by atoms with van der Waals surface area (Å²) < 4.78 is 13.1. The molecule has 0 saturated heterocycles. The summed E-state index contributed by atoms with van der Waals surface area (Å²) in [6, 6.07) is 5.23. The van der Waals surface area contributed by atoms with Crippen LogP contribution in [0.1, 0.15) is 24.9 Å². The first kappa shape index (κ1) is 9.46. The van der Waals surface area contributed by atoms with E-state index in [0.29, 0.717) is 6.04 Å². The molecular formula is C11H15FN2. The molecule has 3 heteroatoms. The van der Waals surface area contributed by atoms with Crippen LogP contribution in [0.3, 0.4) is 0 Å². The Balaban J connectivity index is 2.32. The van der Waals surface area contributed by atoms with Crippen molar-refractivity contribution < 1.29 is 4.39 Å². The first-order valence-electron chi connectivity index (χ1n) is 5.08. The Bertz CT molecular complexity index is 325. The van der Waals surface area contributed by atoms with Crippen molar-refractivity contribution in [3.05, 3.63) is 29.6 Å². The highest BCUT2D eigenvalue weighted by Gasteiger charge is 2.18. The van der Waals surface area contributed by atoms with Gasteiger partial charge in [-0.25, -0.2) is 4.39 Å². The molecule has 1 aromatic rings. The minimum absolute atomic E-state index is 0.157. The number of nitrogens with one attached hydrogen (secondary N) is 2. The van der Waals surface area contributed by atoms with Gasteiger partial charge < -0.3 is 10.6 Å². The van der Waals surface area contributed by atoms with Crippen molar-refractivity contribution in [2.45, 2.75) is 19.4 Å². The molecule has 0 bridgehead atoms. The molecule has 0 amide bonds. The molecule has 1 unspecified atom stereocenters. The molecule has 0 saturated carbocycles. The summed E-state index contributed by atoms with van der Waals surface area (Å²) in [4.78, 5) is 0. The number of benzene rings is 1. The van der Waals surface area contributed by atoms with Gasteiger partial charge in [-0.1, -0.05) is 6.92 Å². The molecule has 14 heavy (non-hydrogen) atoms. The lowest BCUT2D eigenvalue weighted by Gasteiger charge is -2.27. The zero-order valence-electron chi connectivity index (χ0n) is 8.31. The minimum atomic E-state index is -0.157. The zero-order valence-corrected chi connectivity index (χ0v) is 8.31. The van der Waals surface area contributed by atoms with Gasteiger partial charge in [0.15, 0.2) is 0 Å². The lowest BCUT2D eigenvalue weighted by Crippen LogP contribution is -2.28. The first-order chi connectivity index (χ1) is 6.81. The third-order valence-electron chi connectivity index (χ3n) is 2.59. The van der Waals surface area contributed by atoms with Crippen molar-refractivity contribution in [1.29, 1.82) is 0 Å². The molecule has 76 valence electrons. The molecule has 1 aliphatic rings. The molecule has 2 N–H and O–H groups in total. The smallest absolute Gasteiger partial charge is 0.123 e. The zero-order chi connectivity index (χ0) is 9.97. The molecule has 0 aromatic heterocycles. The number of hydrogen-bond acceptors (Lipinski definition) is 2. The number of fused-ring (bicyclic) bond motifs is 1. The summed E-state index contributed by atoms with van der Waals surface area (Å²) in [5.74, 6) is -0.157. The van der Waals surface area contributed by atoms with Gasteiger partial charge in [-0.15, -0.1) is 0 Å². The fourth-order valence-electron chi connectivity index (χ4n) is 1.95. The van der Waals surface area contributed by atoms with E-state index in [-0.39, 0.29) is 5.82 Å². The Labute approximate surface area is 83.5 Å². The normalized spacial score (nSPS) is 20.0. The highest BCUT2D eigenvalue weighted by Crippen LogP contribution is 2.29. The predicted octanol–water partition coefficient (Wildman–Crippen LogP) is 2.29. The minimum Gasteiger partial charge on any atom is -0.385 e. The van der Waals surface area contributed by atoms with Gasteiger partial charge in [0.05, 0.1) is 0 Å². The average Bonchev–Trinajstić information content (AvgIpc) is 2.19. The number of halogens is 1. The summed E-state index contributed by atoms with van der Waals surface area (Å²) in [6.07, 6.45) is 1.02. The summed E-state index contributed by atoms with van der Waals surface area (Å²) in [7, 11) is 0. The van der Waals surface area contributed by atoms with Crippen LogP contribution in [-0.4, -0.2) is 13.1 Å². The Hall–Kier alpha value is -1.09. The SMILES string of the molecule is CCNC1CCNc2ccc(F)cc21. The molecule has 1 atom stereocenters. The summed E-state index contributed by atoms with van der Waals surface area (Å²) in [5, 5.41) is 6.63. The lowest BCUT2D eigenvalue weighted by atomic mass is 9.98. The summed E-state index contributed by atoms with van der Waals surface area (Å²) in [6.45, 7) is 3.94. The maximum absolute atomic E-state index is 13.1. The maximum Gasteiger partial charge on any atom is 0.123 e. The number of anilines is 1. The van der Waals surface area contributed by atoms with Gasteiger partial charge in [-0.05, 0) is 36.7 Å². The summed E-state index contributed by atoms with van der Waals surface area (Å²) >= 11 is 0. The molecule has 1 aliphatic heterocycles. The van der Waals surface area contributed by atoms with Gasteiger partial charge in [0.1, 0.15) is 5.82 Å². The van der Waals surface area contributed by atoms with Crippen LogP contribution in [0.25, 0.3) is 0 Å². The molecule has 1 heterocycles. The first-order valence-corrected chi connectivity index (χ1v) is 5.08. The monoisotopic (exact) mass is 194 g/mol. The van der Waals surface area contributed by atoms with Crippen molar-refractivity contribution in [2.24, 2.45) is 0 Å². The average molecular weight is 194 g/mol. The van der Waals surface area contributed by atoms with E-state index in [2.05, 4.69) is 17.6 Å². The Morgan fingerprint density at radius 3 is 3.21 bits per heavy atom. The van der Waals surface area contributed by atoms with E-state index in [1.165, 1.54) is 6.07 Å². The number of hydrogen-bond donors (Lipinski definition) is 2. The molecule has 0 fully saturated rings. The molecule has 1 aromatic carbocycles. The van der Waals surface area contributed by atoms with E-state index < -0.39 is 0 Å². The third-order valence-corrected chi connectivity index (χ3v) is 2.59. The van der Waals surface area contributed by atoms with Crippen LogP contribution in [-0.2, 0) is 0 Å². The second-order valence-corrected chi connectivity index (χ2v) is 3.56. The van der Waals surface area contributed by atoms with Gasteiger partial charge in [-0.3, -0.25) is 0 Å². The van der Waals surface area contributed by atoms with Crippen molar-refractivity contribution in [2.75, 3.05) is 18.4 Å².